The van der Waals surface area contributed by atoms with Gasteiger partial charge in [-0.3, -0.25) is 0 Å². The van der Waals surface area contributed by atoms with E-state index in [1.165, 1.54) is 55.8 Å². The van der Waals surface area contributed by atoms with Gasteiger partial charge in [0, 0.05) is 19.8 Å². The zero-order chi connectivity index (χ0) is 19.0. The Kier molecular flexibility index (Phi) is 13.4. The van der Waals surface area contributed by atoms with Gasteiger partial charge in [0.1, 0.15) is 0 Å². The van der Waals surface area contributed by atoms with Gasteiger partial charge in [-0.25, -0.2) is 5.32 Å². The molecule has 1 fully saturated rings. The fraction of sp³-hybridized carbons (Fsp3) is 0.882. The van der Waals surface area contributed by atoms with E-state index in [2.05, 4.69) is 6.92 Å². The molecule has 1 rings (SSSR count). The van der Waals surface area contributed by atoms with E-state index in [0.29, 0.717) is 19.8 Å². The van der Waals surface area contributed by atoms with Crippen LogP contribution in [0.3, 0.4) is 0 Å². The van der Waals surface area contributed by atoms with Crippen molar-refractivity contribution in [2.24, 2.45) is 0 Å². The molecule has 0 saturated carbocycles. The molecule has 0 bridgehead atoms. The van der Waals surface area contributed by atoms with Crippen LogP contribution in [0, 0.1) is 22.9 Å². The van der Waals surface area contributed by atoms with Crippen molar-refractivity contribution in [1.29, 1.82) is 10.5 Å². The van der Waals surface area contributed by atoms with E-state index in [0.717, 1.165) is 12.6 Å². The Morgan fingerprint density at radius 3 is 1.68 bits per heavy atom. The summed E-state index contributed by atoms with van der Waals surface area (Å²) in [7, 11) is -2.46. The fourth-order valence-electron chi connectivity index (χ4n) is 3.28. The van der Waals surface area contributed by atoms with Crippen molar-refractivity contribution in [2.75, 3.05) is 46.0 Å². The summed E-state index contributed by atoms with van der Waals surface area (Å²) in [6, 6.07) is 0.955. The molecule has 1 heterocycles. The lowest BCUT2D eigenvalue weighted by atomic mass is 10.1. The van der Waals surface area contributed by atoms with E-state index >= 15 is 0 Å². The van der Waals surface area contributed by atoms with Crippen molar-refractivity contribution in [3.05, 3.63) is 0 Å². The number of piperidine rings is 1. The molecule has 0 atom stereocenters. The Balaban J connectivity index is 0.00000101. The summed E-state index contributed by atoms with van der Waals surface area (Å²) < 4.78 is 19.2. The van der Waals surface area contributed by atoms with E-state index in [-0.39, 0.29) is 0 Å². The van der Waals surface area contributed by atoms with Crippen LogP contribution in [0.4, 0.5) is 0 Å². The highest BCUT2D eigenvalue weighted by Gasteiger charge is 2.43. The molecule has 1 N–H and O–H groups in total. The zero-order valence-corrected chi connectivity index (χ0v) is 17.3. The molecule has 1 aliphatic heterocycles. The molecule has 0 aromatic heterocycles. The SMILES string of the molecule is CCO[Si](CC[N+]1(CC)CCCCC1)(OCC)OCC.N#CNC#N. The quantitative estimate of drug-likeness (QED) is 0.275. The Labute approximate surface area is 154 Å². The first-order valence-electron chi connectivity index (χ1n) is 9.37. The minimum absolute atomic E-state index is 0.679. The predicted octanol–water partition coefficient (Wildman–Crippen LogP) is 2.59. The van der Waals surface area contributed by atoms with Crippen LogP contribution in [0.1, 0.15) is 47.0 Å². The van der Waals surface area contributed by atoms with Crippen LogP contribution in [-0.4, -0.2) is 59.3 Å². The van der Waals surface area contributed by atoms with Crippen molar-refractivity contribution >= 4 is 8.80 Å². The Bertz CT molecular complexity index is 388. The normalized spacial score (nSPS) is 16.1. The molecule has 1 aliphatic rings. The summed E-state index contributed by atoms with van der Waals surface area (Å²) in [5.41, 5.74) is 0. The summed E-state index contributed by atoms with van der Waals surface area (Å²) in [6.45, 7) is 15.4. The molecule has 1 saturated heterocycles. The largest absolute Gasteiger partial charge is 0.506 e. The van der Waals surface area contributed by atoms with Crippen molar-refractivity contribution in [2.45, 2.75) is 53.0 Å². The molecule has 0 amide bonds. The second-order valence-corrected chi connectivity index (χ2v) is 8.70. The third-order valence-electron chi connectivity index (χ3n) is 4.53. The van der Waals surface area contributed by atoms with E-state index in [4.69, 9.17) is 23.8 Å². The molecular weight excluding hydrogens is 336 g/mol. The van der Waals surface area contributed by atoms with E-state index in [1.807, 2.05) is 20.8 Å². The summed E-state index contributed by atoms with van der Waals surface area (Å²) in [5, 5.41) is 16.7. The molecule has 8 heteroatoms. The van der Waals surface area contributed by atoms with Crippen LogP contribution in [0.25, 0.3) is 0 Å². The third kappa shape index (κ3) is 9.20. The lowest BCUT2D eigenvalue weighted by molar-refractivity contribution is -0.929. The Hall–Kier alpha value is -1.16. The second kappa shape index (κ2) is 14.1. The lowest BCUT2D eigenvalue weighted by Gasteiger charge is -2.42. The van der Waals surface area contributed by atoms with Gasteiger partial charge in [0.2, 0.25) is 0 Å². The van der Waals surface area contributed by atoms with Crippen molar-refractivity contribution in [1.82, 2.24) is 5.32 Å². The molecule has 0 aromatic rings. The van der Waals surface area contributed by atoms with Crippen LogP contribution in [0.15, 0.2) is 0 Å². The van der Waals surface area contributed by atoms with E-state index in [1.54, 1.807) is 5.32 Å². The third-order valence-corrected chi connectivity index (χ3v) is 7.55. The van der Waals surface area contributed by atoms with Crippen LogP contribution in [0.2, 0.25) is 6.04 Å². The number of hydrogen-bond donors (Lipinski definition) is 1. The van der Waals surface area contributed by atoms with Crippen molar-refractivity contribution in [3.8, 4) is 12.4 Å². The maximum atomic E-state index is 7.48. The molecule has 0 spiro atoms. The number of rotatable bonds is 10. The van der Waals surface area contributed by atoms with E-state index < -0.39 is 8.80 Å². The van der Waals surface area contributed by atoms with Crippen molar-refractivity contribution in [3.63, 3.8) is 0 Å². The standard InChI is InChI=1S/C15H34NO3Si.C2HN3/c1-5-16(12-10-9-11-13-16)14-15-20(17-6-2,18-7-3)19-8-4;3-1-5-2-4/h5-15H2,1-4H3;5H/q+1;. The van der Waals surface area contributed by atoms with Crippen LogP contribution in [0.5, 0.6) is 0 Å². The van der Waals surface area contributed by atoms with Gasteiger partial charge in [0.25, 0.3) is 0 Å². The number of nitrogens with one attached hydrogen (secondary N) is 1. The molecule has 25 heavy (non-hydrogen) atoms. The van der Waals surface area contributed by atoms with Crippen LogP contribution < -0.4 is 5.32 Å². The minimum atomic E-state index is -2.46. The molecule has 0 radical (unpaired) electrons. The Morgan fingerprint density at radius 1 is 0.880 bits per heavy atom. The van der Waals surface area contributed by atoms with Gasteiger partial charge >= 0.3 is 8.80 Å². The number of nitrogens with zero attached hydrogens (tertiary/aromatic N) is 3. The molecule has 144 valence electrons. The van der Waals surface area contributed by atoms with Crippen LogP contribution >= 0.6 is 0 Å². The summed E-state index contributed by atoms with van der Waals surface area (Å²) in [5.74, 6) is 0. The van der Waals surface area contributed by atoms with Gasteiger partial charge in [0.15, 0.2) is 12.4 Å². The monoisotopic (exact) mass is 371 g/mol. The van der Waals surface area contributed by atoms with Gasteiger partial charge in [-0.05, 0) is 47.0 Å². The van der Waals surface area contributed by atoms with Crippen molar-refractivity contribution < 1.29 is 17.8 Å². The highest BCUT2D eigenvalue weighted by atomic mass is 28.4. The maximum Gasteiger partial charge on any atom is 0.506 e. The van der Waals surface area contributed by atoms with Gasteiger partial charge < -0.3 is 17.8 Å². The highest BCUT2D eigenvalue weighted by Crippen LogP contribution is 2.24. The molecule has 7 nitrogen and oxygen atoms in total. The highest BCUT2D eigenvalue weighted by molar-refractivity contribution is 6.60. The zero-order valence-electron chi connectivity index (χ0n) is 16.3. The maximum absolute atomic E-state index is 7.48. The second-order valence-electron chi connectivity index (χ2n) is 5.97. The molecule has 0 unspecified atom stereocenters. The average Bonchev–Trinajstić information content (AvgIpc) is 2.63. The van der Waals surface area contributed by atoms with Gasteiger partial charge in [-0.15, -0.1) is 0 Å². The smallest absolute Gasteiger partial charge is 0.374 e. The first-order chi connectivity index (χ1) is 12.1. The fourth-order valence-corrected chi connectivity index (χ4v) is 6.03. The average molecular weight is 372 g/mol. The summed E-state index contributed by atoms with van der Waals surface area (Å²) in [6.07, 6.45) is 6.93. The lowest BCUT2D eigenvalue weighted by Crippen LogP contribution is -2.56. The van der Waals surface area contributed by atoms with Gasteiger partial charge in [0.05, 0.1) is 32.2 Å². The van der Waals surface area contributed by atoms with Crippen LogP contribution in [-0.2, 0) is 13.3 Å². The number of hydrogen-bond acceptors (Lipinski definition) is 6. The number of nitriles is 2. The minimum Gasteiger partial charge on any atom is -0.374 e. The number of quaternary nitrogens is 1. The first kappa shape index (κ1) is 23.8. The van der Waals surface area contributed by atoms with Gasteiger partial charge in [-0.2, -0.15) is 10.5 Å². The molecule has 0 aliphatic carbocycles. The predicted molar refractivity (Wildman–Crippen MR) is 99.1 cm³/mol. The summed E-state index contributed by atoms with van der Waals surface area (Å²) >= 11 is 0. The first-order valence-corrected chi connectivity index (χ1v) is 11.3. The summed E-state index contributed by atoms with van der Waals surface area (Å²) in [4.78, 5) is 0. The topological polar surface area (TPSA) is 87.3 Å². The van der Waals surface area contributed by atoms with E-state index in [9.17, 15) is 0 Å². The molecule has 0 aromatic carbocycles. The molecular formula is C17H35N4O3Si+. The Morgan fingerprint density at radius 2 is 1.36 bits per heavy atom. The number of likely N-dealkylation sites (tertiary alicyclic amines) is 1. The van der Waals surface area contributed by atoms with Gasteiger partial charge in [-0.1, -0.05) is 0 Å².